The molecular formula is C29H37N3O6. The molecule has 1 unspecified atom stereocenters. The van der Waals surface area contributed by atoms with Gasteiger partial charge in [-0.1, -0.05) is 31.2 Å². The molecule has 9 nitrogen and oxygen atoms in total. The zero-order valence-corrected chi connectivity index (χ0v) is 22.3. The Bertz CT molecular complexity index is 1150. The number of amides is 2. The van der Waals surface area contributed by atoms with Gasteiger partial charge >= 0.3 is 5.97 Å². The van der Waals surface area contributed by atoms with E-state index in [-0.39, 0.29) is 31.6 Å². The van der Waals surface area contributed by atoms with Crippen molar-refractivity contribution in [2.75, 3.05) is 49.2 Å². The molecule has 1 aromatic rings. The molecule has 9 heteroatoms. The number of ether oxygens (including phenoxy) is 2. The number of aliphatic hydroxyl groups excluding tert-OH is 1. The van der Waals surface area contributed by atoms with Crippen LogP contribution in [0, 0.1) is 11.8 Å². The van der Waals surface area contributed by atoms with Crippen molar-refractivity contribution in [3.8, 4) is 0 Å². The van der Waals surface area contributed by atoms with E-state index in [4.69, 9.17) is 9.47 Å². The maximum atomic E-state index is 14.3. The van der Waals surface area contributed by atoms with Gasteiger partial charge in [-0.2, -0.15) is 0 Å². The minimum absolute atomic E-state index is 0.0316. The largest absolute Gasteiger partial charge is 0.465 e. The topological polar surface area (TPSA) is 99.6 Å². The number of aliphatic hydroxyl groups is 1. The normalized spacial score (nSPS) is 32.3. The molecule has 0 aliphatic carbocycles. The van der Waals surface area contributed by atoms with Crippen molar-refractivity contribution in [2.45, 2.75) is 50.9 Å². The number of hydrogen-bond acceptors (Lipinski definition) is 7. The van der Waals surface area contributed by atoms with Crippen LogP contribution in [-0.4, -0.2) is 84.4 Å². The molecule has 2 amide bonds. The summed E-state index contributed by atoms with van der Waals surface area (Å²) in [6, 6.07) is 6.80. The quantitative estimate of drug-likeness (QED) is 0.432. The van der Waals surface area contributed by atoms with Crippen LogP contribution in [0.5, 0.6) is 0 Å². The molecule has 0 bridgehead atoms. The highest BCUT2D eigenvalue weighted by Gasteiger charge is 2.75. The van der Waals surface area contributed by atoms with E-state index in [1.165, 1.54) is 4.90 Å². The van der Waals surface area contributed by atoms with Crippen LogP contribution in [0.3, 0.4) is 0 Å². The molecule has 4 aliphatic heterocycles. The van der Waals surface area contributed by atoms with Crippen molar-refractivity contribution < 1.29 is 29.0 Å². The van der Waals surface area contributed by atoms with Gasteiger partial charge in [-0.3, -0.25) is 14.4 Å². The number of cyclic esters (lactones) is 1. The van der Waals surface area contributed by atoms with Crippen molar-refractivity contribution >= 4 is 29.2 Å². The third-order valence-corrected chi connectivity index (χ3v) is 8.53. The number of carbonyl (C=O) groups excluding carboxylic acids is 3. The predicted octanol–water partition coefficient (Wildman–Crippen LogP) is 2.29. The van der Waals surface area contributed by atoms with Gasteiger partial charge in [0.2, 0.25) is 5.91 Å². The molecule has 2 saturated heterocycles. The first-order valence-corrected chi connectivity index (χ1v) is 13.7. The number of rotatable bonds is 7. The summed E-state index contributed by atoms with van der Waals surface area (Å²) in [5, 5.41) is 9.84. The molecule has 4 aliphatic rings. The second kappa shape index (κ2) is 10.2. The Balaban J connectivity index is 1.58. The fourth-order valence-corrected chi connectivity index (χ4v) is 6.74. The first kappa shape index (κ1) is 26.4. The standard InChI is InChI=1S/C29H37N3O6/c1-4-28-14-7-8-19-37-27(36)23(28)22-25(34)32(17-18-33)24-26(35)31(16-9-15-29(22,24)38-28)21-12-10-20(11-13-21)30(5-2)6-3/h7,9-15,22-24,33H,4-6,8,16-19H2,1-3H3/t22-,23+,24?,28-,29-/m0/s1. The Morgan fingerprint density at radius 1 is 1.00 bits per heavy atom. The predicted molar refractivity (Wildman–Crippen MR) is 143 cm³/mol. The molecule has 4 heterocycles. The average Bonchev–Trinajstić information content (AvgIpc) is 3.25. The van der Waals surface area contributed by atoms with Crippen molar-refractivity contribution in [2.24, 2.45) is 11.8 Å². The van der Waals surface area contributed by atoms with Crippen LogP contribution in [0.4, 0.5) is 11.4 Å². The van der Waals surface area contributed by atoms with Gasteiger partial charge in [0, 0.05) is 37.6 Å². The summed E-state index contributed by atoms with van der Waals surface area (Å²) in [5.41, 5.74) is -0.641. The highest BCUT2D eigenvalue weighted by Crippen LogP contribution is 2.58. The fraction of sp³-hybridized carbons (Fsp3) is 0.552. The van der Waals surface area contributed by atoms with Crippen molar-refractivity contribution in [3.63, 3.8) is 0 Å². The lowest BCUT2D eigenvalue weighted by Gasteiger charge is -2.38. The van der Waals surface area contributed by atoms with Gasteiger partial charge in [0.1, 0.15) is 23.2 Å². The van der Waals surface area contributed by atoms with Gasteiger partial charge in [0.05, 0.1) is 19.1 Å². The molecule has 0 aromatic heterocycles. The Hall–Kier alpha value is -3.17. The molecule has 1 spiro atoms. The number of hydrogen-bond donors (Lipinski definition) is 1. The number of anilines is 2. The third kappa shape index (κ3) is 3.86. The van der Waals surface area contributed by atoms with Gasteiger partial charge in [-0.15, -0.1) is 0 Å². The van der Waals surface area contributed by atoms with Gasteiger partial charge in [-0.25, -0.2) is 0 Å². The SMILES string of the molecule is CCN(CC)c1ccc(N2CC=C[C@]34O[C@@]5(CC)C=CCCOC(=O)[C@H]5[C@H]3C(=O)N(CCO)C4C2=O)cc1. The van der Waals surface area contributed by atoms with Crippen LogP contribution in [0.1, 0.15) is 33.6 Å². The fourth-order valence-electron chi connectivity index (χ4n) is 6.74. The van der Waals surface area contributed by atoms with Crippen LogP contribution in [0.15, 0.2) is 48.6 Å². The van der Waals surface area contributed by atoms with E-state index in [0.717, 1.165) is 18.8 Å². The minimum Gasteiger partial charge on any atom is -0.465 e. The van der Waals surface area contributed by atoms with E-state index in [9.17, 15) is 19.5 Å². The number of esters is 1. The Morgan fingerprint density at radius 3 is 2.39 bits per heavy atom. The monoisotopic (exact) mass is 523 g/mol. The zero-order chi connectivity index (χ0) is 27.1. The molecule has 0 saturated carbocycles. The van der Waals surface area contributed by atoms with E-state index in [2.05, 4.69) is 18.7 Å². The lowest BCUT2D eigenvalue weighted by molar-refractivity contribution is -0.160. The minimum atomic E-state index is -1.35. The second-order valence-electron chi connectivity index (χ2n) is 10.3. The molecule has 1 aromatic carbocycles. The Labute approximate surface area is 223 Å². The Morgan fingerprint density at radius 2 is 1.74 bits per heavy atom. The first-order chi connectivity index (χ1) is 18.4. The number of likely N-dealkylation sites (tertiary alicyclic amines) is 1. The molecule has 0 radical (unpaired) electrons. The number of benzene rings is 1. The number of nitrogens with zero attached hydrogens (tertiary/aromatic N) is 3. The number of fused-ring (bicyclic) bond motifs is 2. The van der Waals surface area contributed by atoms with Gasteiger partial charge < -0.3 is 29.3 Å². The van der Waals surface area contributed by atoms with Gasteiger partial charge in [0.15, 0.2) is 0 Å². The summed E-state index contributed by atoms with van der Waals surface area (Å²) in [6.45, 7) is 8.05. The molecule has 5 atom stereocenters. The van der Waals surface area contributed by atoms with E-state index in [1.54, 1.807) is 4.90 Å². The van der Waals surface area contributed by atoms with Crippen LogP contribution in [0.2, 0.25) is 0 Å². The van der Waals surface area contributed by atoms with E-state index in [1.807, 2.05) is 55.5 Å². The molecule has 38 heavy (non-hydrogen) atoms. The maximum absolute atomic E-state index is 14.3. The molecule has 2 fully saturated rings. The van der Waals surface area contributed by atoms with Crippen LogP contribution in [-0.2, 0) is 23.9 Å². The average molecular weight is 524 g/mol. The van der Waals surface area contributed by atoms with Crippen molar-refractivity contribution in [1.29, 1.82) is 0 Å². The number of carbonyl (C=O) groups is 3. The summed E-state index contributed by atoms with van der Waals surface area (Å²) in [7, 11) is 0. The Kier molecular flexibility index (Phi) is 7.09. The summed E-state index contributed by atoms with van der Waals surface area (Å²) in [5.74, 6) is -2.97. The van der Waals surface area contributed by atoms with Crippen molar-refractivity contribution in [1.82, 2.24) is 4.90 Å². The highest BCUT2D eigenvalue weighted by molar-refractivity contribution is 6.05. The summed E-state index contributed by atoms with van der Waals surface area (Å²) in [4.78, 5) is 46.9. The molecule has 204 valence electrons. The number of β-amino-alcohol motifs (C(OH)–C–C–N with tert-alkyl or cyclic N) is 1. The van der Waals surface area contributed by atoms with Gasteiger partial charge in [-0.05, 0) is 51.0 Å². The molecular weight excluding hydrogens is 486 g/mol. The summed E-state index contributed by atoms with van der Waals surface area (Å²) in [6.07, 6.45) is 8.48. The van der Waals surface area contributed by atoms with E-state index in [0.29, 0.717) is 25.1 Å². The summed E-state index contributed by atoms with van der Waals surface area (Å²) < 4.78 is 12.3. The molecule has 5 rings (SSSR count). The smallest absolute Gasteiger partial charge is 0.313 e. The van der Waals surface area contributed by atoms with Crippen LogP contribution < -0.4 is 9.80 Å². The van der Waals surface area contributed by atoms with Gasteiger partial charge in [0.25, 0.3) is 5.91 Å². The van der Waals surface area contributed by atoms with Crippen LogP contribution >= 0.6 is 0 Å². The van der Waals surface area contributed by atoms with E-state index < -0.39 is 35.0 Å². The highest BCUT2D eigenvalue weighted by atomic mass is 16.6. The zero-order valence-electron chi connectivity index (χ0n) is 22.3. The van der Waals surface area contributed by atoms with Crippen LogP contribution in [0.25, 0.3) is 0 Å². The first-order valence-electron chi connectivity index (χ1n) is 13.7. The second-order valence-corrected chi connectivity index (χ2v) is 10.3. The maximum Gasteiger partial charge on any atom is 0.313 e. The summed E-state index contributed by atoms with van der Waals surface area (Å²) >= 11 is 0. The lowest BCUT2D eigenvalue weighted by atomic mass is 9.73. The van der Waals surface area contributed by atoms with E-state index >= 15 is 0 Å². The third-order valence-electron chi connectivity index (χ3n) is 8.53. The van der Waals surface area contributed by atoms with Crippen molar-refractivity contribution in [3.05, 3.63) is 48.6 Å². The lowest BCUT2D eigenvalue weighted by Crippen LogP contribution is -2.56. The molecule has 1 N–H and O–H groups in total.